The molecule has 0 spiro atoms. The Bertz CT molecular complexity index is 995. The average Bonchev–Trinajstić information content (AvgIpc) is 3.15. The van der Waals surface area contributed by atoms with E-state index in [1.54, 1.807) is 35.9 Å². The number of benzene rings is 1. The lowest BCUT2D eigenvalue weighted by Gasteiger charge is -2.32. The quantitative estimate of drug-likeness (QED) is 0.702. The van der Waals surface area contributed by atoms with E-state index >= 15 is 0 Å². The second-order valence-corrected chi connectivity index (χ2v) is 9.22. The van der Waals surface area contributed by atoms with Gasteiger partial charge in [0.25, 0.3) is 0 Å². The maximum Gasteiger partial charge on any atom is 0.175 e. The Kier molecular flexibility index (Phi) is 4.16. The molecule has 2 aromatic heterocycles. The predicted octanol–water partition coefficient (Wildman–Crippen LogP) is 2.87. The molecule has 0 N–H and O–H groups in total. The van der Waals surface area contributed by atoms with Crippen molar-refractivity contribution < 1.29 is 8.42 Å². The van der Waals surface area contributed by atoms with Crippen LogP contribution in [0, 0.1) is 0 Å². The topological polar surface area (TPSA) is 76.1 Å². The summed E-state index contributed by atoms with van der Waals surface area (Å²) in [7, 11) is -3.26. The van der Waals surface area contributed by atoms with Gasteiger partial charge in [-0.1, -0.05) is 0 Å². The van der Waals surface area contributed by atoms with Crippen molar-refractivity contribution >= 4 is 37.9 Å². The third kappa shape index (κ3) is 3.23. The van der Waals surface area contributed by atoms with Gasteiger partial charge in [-0.3, -0.25) is 0 Å². The van der Waals surface area contributed by atoms with Gasteiger partial charge in [-0.15, -0.1) is 11.3 Å². The number of rotatable bonds is 3. The van der Waals surface area contributed by atoms with Crippen molar-refractivity contribution in [3.05, 3.63) is 41.1 Å². The van der Waals surface area contributed by atoms with Crippen LogP contribution in [0.1, 0.15) is 23.8 Å². The minimum atomic E-state index is -3.26. The summed E-state index contributed by atoms with van der Waals surface area (Å²) in [6.07, 6.45) is 6.66. The van der Waals surface area contributed by atoms with Crippen LogP contribution in [-0.4, -0.2) is 42.7 Å². The lowest BCUT2D eigenvalue weighted by molar-refractivity contribution is 0.502. The van der Waals surface area contributed by atoms with Gasteiger partial charge < -0.3 is 4.90 Å². The largest absolute Gasteiger partial charge is 0.356 e. The van der Waals surface area contributed by atoms with Gasteiger partial charge in [0, 0.05) is 42.2 Å². The van der Waals surface area contributed by atoms with E-state index in [1.807, 2.05) is 11.6 Å². The molecule has 0 radical (unpaired) electrons. The Balaban J connectivity index is 1.65. The number of piperidine rings is 1. The van der Waals surface area contributed by atoms with Gasteiger partial charge in [0.15, 0.2) is 9.84 Å². The Morgan fingerprint density at radius 1 is 1.16 bits per heavy atom. The molecule has 0 aliphatic carbocycles. The van der Waals surface area contributed by atoms with Crippen LogP contribution in [0.25, 0.3) is 10.9 Å². The Labute approximate surface area is 150 Å². The first-order chi connectivity index (χ1) is 12.0. The van der Waals surface area contributed by atoms with Crippen molar-refractivity contribution in [1.29, 1.82) is 0 Å². The van der Waals surface area contributed by atoms with E-state index in [9.17, 15) is 8.42 Å². The normalized spacial score (nSPS) is 16.4. The number of thiazole rings is 1. The number of aromatic nitrogens is 3. The highest BCUT2D eigenvalue weighted by Crippen LogP contribution is 2.33. The van der Waals surface area contributed by atoms with Crippen LogP contribution in [0.15, 0.2) is 41.0 Å². The summed E-state index contributed by atoms with van der Waals surface area (Å²) in [5.41, 5.74) is 0.763. The van der Waals surface area contributed by atoms with Crippen molar-refractivity contribution in [1.82, 2.24) is 15.0 Å². The van der Waals surface area contributed by atoms with Crippen molar-refractivity contribution in [2.45, 2.75) is 23.7 Å². The van der Waals surface area contributed by atoms with E-state index in [0.29, 0.717) is 10.8 Å². The lowest BCUT2D eigenvalue weighted by atomic mass is 9.97. The molecule has 0 unspecified atom stereocenters. The zero-order valence-corrected chi connectivity index (χ0v) is 15.4. The number of sulfone groups is 1. The van der Waals surface area contributed by atoms with Gasteiger partial charge in [0.1, 0.15) is 12.1 Å². The summed E-state index contributed by atoms with van der Waals surface area (Å²) >= 11 is 1.71. The Hall–Kier alpha value is -2.06. The van der Waals surface area contributed by atoms with E-state index in [0.717, 1.165) is 42.7 Å². The van der Waals surface area contributed by atoms with E-state index < -0.39 is 9.84 Å². The maximum absolute atomic E-state index is 11.9. The molecule has 1 aliphatic rings. The summed E-state index contributed by atoms with van der Waals surface area (Å²) in [4.78, 5) is 15.7. The zero-order valence-electron chi connectivity index (χ0n) is 13.8. The molecule has 0 atom stereocenters. The highest BCUT2D eigenvalue weighted by Gasteiger charge is 2.24. The van der Waals surface area contributed by atoms with E-state index in [4.69, 9.17) is 0 Å². The number of nitrogens with zero attached hydrogens (tertiary/aromatic N) is 4. The monoisotopic (exact) mass is 374 g/mol. The van der Waals surface area contributed by atoms with Crippen molar-refractivity contribution in [2.75, 3.05) is 24.2 Å². The highest BCUT2D eigenvalue weighted by molar-refractivity contribution is 7.90. The number of anilines is 1. The molecule has 1 aliphatic heterocycles. The molecule has 1 saturated heterocycles. The highest BCUT2D eigenvalue weighted by atomic mass is 32.2. The van der Waals surface area contributed by atoms with Crippen LogP contribution >= 0.6 is 11.3 Å². The number of hydrogen-bond acceptors (Lipinski definition) is 7. The Morgan fingerprint density at radius 2 is 1.96 bits per heavy atom. The van der Waals surface area contributed by atoms with Crippen LogP contribution < -0.4 is 4.90 Å². The van der Waals surface area contributed by atoms with E-state index in [2.05, 4.69) is 19.9 Å². The second-order valence-electron chi connectivity index (χ2n) is 6.28. The second kappa shape index (κ2) is 6.34. The SMILES string of the molecule is CS(=O)(=O)c1ccc2ncnc(N3CCC(c4nccs4)CC3)c2c1. The maximum atomic E-state index is 11.9. The summed E-state index contributed by atoms with van der Waals surface area (Å²) in [5.74, 6) is 1.31. The molecule has 1 aromatic carbocycles. The first-order valence-electron chi connectivity index (χ1n) is 8.11. The summed E-state index contributed by atoms with van der Waals surface area (Å²) in [6.45, 7) is 1.75. The summed E-state index contributed by atoms with van der Waals surface area (Å²) in [6, 6.07) is 5.04. The zero-order chi connectivity index (χ0) is 17.4. The Morgan fingerprint density at radius 3 is 2.64 bits per heavy atom. The fraction of sp³-hybridized carbons (Fsp3) is 0.353. The minimum absolute atomic E-state index is 0.300. The molecular formula is C17H18N4O2S2. The molecule has 1 fully saturated rings. The summed E-state index contributed by atoms with van der Waals surface area (Å²) in [5, 5.41) is 4.01. The number of fused-ring (bicyclic) bond motifs is 1. The van der Waals surface area contributed by atoms with E-state index in [-0.39, 0.29) is 0 Å². The molecule has 0 bridgehead atoms. The molecular weight excluding hydrogens is 356 g/mol. The molecule has 4 rings (SSSR count). The lowest BCUT2D eigenvalue weighted by Crippen LogP contribution is -2.33. The van der Waals surface area contributed by atoms with Gasteiger partial charge in [-0.25, -0.2) is 23.4 Å². The van der Waals surface area contributed by atoms with Crippen LogP contribution in [0.3, 0.4) is 0 Å². The molecule has 3 aromatic rings. The molecule has 0 amide bonds. The smallest absolute Gasteiger partial charge is 0.175 e. The third-order valence-corrected chi connectivity index (χ3v) is 6.66. The molecule has 8 heteroatoms. The van der Waals surface area contributed by atoms with Gasteiger partial charge in [-0.2, -0.15) is 0 Å². The molecule has 0 saturated carbocycles. The van der Waals surface area contributed by atoms with Crippen molar-refractivity contribution in [3.63, 3.8) is 0 Å². The molecule has 6 nitrogen and oxygen atoms in total. The molecule has 130 valence electrons. The fourth-order valence-corrected chi connectivity index (χ4v) is 4.74. The van der Waals surface area contributed by atoms with Crippen LogP contribution in [0.2, 0.25) is 0 Å². The van der Waals surface area contributed by atoms with Gasteiger partial charge in [0.2, 0.25) is 0 Å². The fourth-order valence-electron chi connectivity index (χ4n) is 3.28. The van der Waals surface area contributed by atoms with Crippen LogP contribution in [0.4, 0.5) is 5.82 Å². The van der Waals surface area contributed by atoms with Crippen LogP contribution in [-0.2, 0) is 9.84 Å². The minimum Gasteiger partial charge on any atom is -0.356 e. The predicted molar refractivity (Wildman–Crippen MR) is 98.9 cm³/mol. The standard InChI is InChI=1S/C17H18N4O2S2/c1-25(22,23)13-2-3-15-14(10-13)16(20-11-19-15)21-7-4-12(5-8-21)17-18-6-9-24-17/h2-3,6,9-12H,4-5,7-8H2,1H3. The first kappa shape index (κ1) is 16.4. The first-order valence-corrected chi connectivity index (χ1v) is 10.9. The van der Waals surface area contributed by atoms with Crippen molar-refractivity contribution in [2.24, 2.45) is 0 Å². The van der Waals surface area contributed by atoms with E-state index in [1.165, 1.54) is 11.3 Å². The van der Waals surface area contributed by atoms with Gasteiger partial charge >= 0.3 is 0 Å². The van der Waals surface area contributed by atoms with Gasteiger partial charge in [-0.05, 0) is 31.0 Å². The van der Waals surface area contributed by atoms with Crippen LogP contribution in [0.5, 0.6) is 0 Å². The average molecular weight is 374 g/mol. The molecule has 25 heavy (non-hydrogen) atoms. The molecule has 3 heterocycles. The van der Waals surface area contributed by atoms with Gasteiger partial charge in [0.05, 0.1) is 15.4 Å². The number of hydrogen-bond donors (Lipinski definition) is 0. The summed E-state index contributed by atoms with van der Waals surface area (Å²) < 4.78 is 23.8. The third-order valence-electron chi connectivity index (χ3n) is 4.61. The van der Waals surface area contributed by atoms with Crippen molar-refractivity contribution in [3.8, 4) is 0 Å².